The largest absolute Gasteiger partial charge is 0.416 e. The van der Waals surface area contributed by atoms with Gasteiger partial charge in [0.15, 0.2) is 0 Å². The highest BCUT2D eigenvalue weighted by atomic mass is 79.9. The van der Waals surface area contributed by atoms with E-state index in [9.17, 15) is 13.2 Å². The number of hydrogen-bond acceptors (Lipinski definition) is 2. The van der Waals surface area contributed by atoms with Gasteiger partial charge in [0.2, 0.25) is 0 Å². The first-order chi connectivity index (χ1) is 10.8. The number of nitrogens with one attached hydrogen (secondary N) is 1. The second-order valence-corrected chi connectivity index (χ2v) is 7.46. The normalized spacial score (nSPS) is 16.9. The lowest BCUT2D eigenvalue weighted by atomic mass is 9.94. The van der Waals surface area contributed by atoms with Crippen molar-refractivity contribution in [3.63, 3.8) is 0 Å². The summed E-state index contributed by atoms with van der Waals surface area (Å²) >= 11 is 3.25. The molecule has 1 saturated heterocycles. The lowest BCUT2D eigenvalue weighted by molar-refractivity contribution is -0.137. The lowest BCUT2D eigenvalue weighted by Crippen LogP contribution is -2.45. The van der Waals surface area contributed by atoms with Crippen LogP contribution in [0.25, 0.3) is 0 Å². The van der Waals surface area contributed by atoms with Gasteiger partial charge in [0.25, 0.3) is 0 Å². The summed E-state index contributed by atoms with van der Waals surface area (Å²) in [5, 5.41) is 3.30. The van der Waals surface area contributed by atoms with Crippen molar-refractivity contribution >= 4 is 40.7 Å². The molecule has 0 spiro atoms. The van der Waals surface area contributed by atoms with Gasteiger partial charge in [0, 0.05) is 36.7 Å². The predicted octanol–water partition coefficient (Wildman–Crippen LogP) is 5.69. The van der Waals surface area contributed by atoms with E-state index in [1.807, 2.05) is 6.07 Å². The van der Waals surface area contributed by atoms with E-state index in [1.54, 1.807) is 0 Å². The third kappa shape index (κ3) is 7.63. The van der Waals surface area contributed by atoms with Gasteiger partial charge in [-0.2, -0.15) is 13.2 Å². The Morgan fingerprint density at radius 1 is 1.08 bits per heavy atom. The number of rotatable bonds is 5. The zero-order valence-corrected chi connectivity index (χ0v) is 17.6. The van der Waals surface area contributed by atoms with Crippen molar-refractivity contribution in [1.82, 2.24) is 10.2 Å². The molecule has 0 aliphatic carbocycles. The highest BCUT2D eigenvalue weighted by Crippen LogP contribution is 2.36. The average molecular weight is 466 g/mol. The topological polar surface area (TPSA) is 15.3 Å². The summed E-state index contributed by atoms with van der Waals surface area (Å²) in [6, 6.07) is 4.35. The van der Waals surface area contributed by atoms with Crippen LogP contribution in [0.1, 0.15) is 43.9 Å². The molecule has 1 aliphatic rings. The van der Waals surface area contributed by atoms with Crippen LogP contribution in [0.15, 0.2) is 22.7 Å². The molecule has 1 atom stereocenters. The maximum atomic E-state index is 13.1. The Morgan fingerprint density at radius 2 is 1.68 bits per heavy atom. The molecule has 0 radical (unpaired) electrons. The molecule has 0 amide bonds. The fourth-order valence-corrected chi connectivity index (χ4v) is 3.52. The van der Waals surface area contributed by atoms with Crippen molar-refractivity contribution in [2.24, 2.45) is 5.92 Å². The molecule has 8 heteroatoms. The van der Waals surface area contributed by atoms with Crippen LogP contribution < -0.4 is 5.32 Å². The Balaban J connectivity index is 0.00000288. The molecule has 2 nitrogen and oxygen atoms in total. The molecule has 1 aromatic rings. The fourth-order valence-electron chi connectivity index (χ4n) is 3.01. The summed E-state index contributed by atoms with van der Waals surface area (Å²) in [5.74, 6) is 0.537. The van der Waals surface area contributed by atoms with Crippen molar-refractivity contribution in [2.75, 3.05) is 26.2 Å². The second kappa shape index (κ2) is 11.0. The zero-order valence-electron chi connectivity index (χ0n) is 14.4. The third-order valence-corrected chi connectivity index (χ3v) is 4.70. The monoisotopic (exact) mass is 464 g/mol. The maximum Gasteiger partial charge on any atom is 0.416 e. The molecule has 1 aromatic carbocycles. The molecule has 1 fully saturated rings. The van der Waals surface area contributed by atoms with Gasteiger partial charge >= 0.3 is 6.18 Å². The van der Waals surface area contributed by atoms with E-state index in [4.69, 9.17) is 0 Å². The van der Waals surface area contributed by atoms with E-state index in [1.165, 1.54) is 6.07 Å². The lowest BCUT2D eigenvalue weighted by Gasteiger charge is -2.36. The molecular weight excluding hydrogens is 440 g/mol. The molecule has 0 bridgehead atoms. The van der Waals surface area contributed by atoms with E-state index in [0.717, 1.165) is 50.7 Å². The Labute approximate surface area is 168 Å². The Morgan fingerprint density at radius 3 is 2.20 bits per heavy atom. The van der Waals surface area contributed by atoms with Crippen LogP contribution in [0.2, 0.25) is 0 Å². The number of alkyl halides is 3. The third-order valence-electron chi connectivity index (χ3n) is 4.24. The zero-order chi connectivity index (χ0) is 17.0. The van der Waals surface area contributed by atoms with E-state index in [2.05, 4.69) is 40.0 Å². The van der Waals surface area contributed by atoms with Gasteiger partial charge in [0.05, 0.1) is 5.56 Å². The SMILES string of the molecule is CC(C)CC[C@H](c1cc(Br)cc(C(F)(F)F)c1)N1CCNCC1.Cl.Cl. The molecule has 0 saturated carbocycles. The van der Waals surface area contributed by atoms with Gasteiger partial charge < -0.3 is 5.32 Å². The van der Waals surface area contributed by atoms with Gasteiger partial charge in [-0.15, -0.1) is 24.8 Å². The number of halogens is 6. The summed E-state index contributed by atoms with van der Waals surface area (Å²) < 4.78 is 39.9. The Hall–Kier alpha value is -0.0100. The highest BCUT2D eigenvalue weighted by molar-refractivity contribution is 9.10. The van der Waals surface area contributed by atoms with Crippen molar-refractivity contribution in [2.45, 2.75) is 38.9 Å². The first-order valence-electron chi connectivity index (χ1n) is 8.10. The minimum Gasteiger partial charge on any atom is -0.314 e. The van der Waals surface area contributed by atoms with Gasteiger partial charge in [-0.1, -0.05) is 29.8 Å². The standard InChI is InChI=1S/C17H24BrF3N2.2ClH/c1-12(2)3-4-16(23-7-5-22-6-8-23)13-9-14(17(19,20)21)11-15(18)10-13;;/h9-12,16,22H,3-8H2,1-2H3;2*1H/t16-;;/m1../s1. The molecular formula is C17H26BrCl2F3N2. The summed E-state index contributed by atoms with van der Waals surface area (Å²) in [6.45, 7) is 7.82. The highest BCUT2D eigenvalue weighted by Gasteiger charge is 2.32. The molecule has 1 N–H and O–H groups in total. The van der Waals surface area contributed by atoms with Gasteiger partial charge in [-0.3, -0.25) is 4.90 Å². The molecule has 1 heterocycles. The van der Waals surface area contributed by atoms with Crippen molar-refractivity contribution in [3.05, 3.63) is 33.8 Å². The predicted molar refractivity (Wildman–Crippen MR) is 105 cm³/mol. The van der Waals surface area contributed by atoms with Gasteiger partial charge in [-0.05, 0) is 42.5 Å². The number of benzene rings is 1. The molecule has 0 unspecified atom stereocenters. The van der Waals surface area contributed by atoms with E-state index >= 15 is 0 Å². The fraction of sp³-hybridized carbons (Fsp3) is 0.647. The first-order valence-corrected chi connectivity index (χ1v) is 8.89. The minimum absolute atomic E-state index is 0. The summed E-state index contributed by atoms with van der Waals surface area (Å²) in [7, 11) is 0. The van der Waals surface area contributed by atoms with Crippen molar-refractivity contribution in [3.8, 4) is 0 Å². The Bertz CT molecular complexity index is 521. The minimum atomic E-state index is -4.31. The summed E-state index contributed by atoms with van der Waals surface area (Å²) in [5.41, 5.74) is 0.181. The van der Waals surface area contributed by atoms with E-state index in [0.29, 0.717) is 10.4 Å². The van der Waals surface area contributed by atoms with Crippen LogP contribution in [0.5, 0.6) is 0 Å². The van der Waals surface area contributed by atoms with Crippen LogP contribution in [0.4, 0.5) is 13.2 Å². The van der Waals surface area contributed by atoms with E-state index < -0.39 is 11.7 Å². The second-order valence-electron chi connectivity index (χ2n) is 6.54. The van der Waals surface area contributed by atoms with Gasteiger partial charge in [-0.25, -0.2) is 0 Å². The van der Waals surface area contributed by atoms with Crippen LogP contribution in [-0.2, 0) is 6.18 Å². The molecule has 25 heavy (non-hydrogen) atoms. The number of piperazine rings is 1. The average Bonchev–Trinajstić information content (AvgIpc) is 2.47. The Kier molecular flexibility index (Phi) is 11.0. The smallest absolute Gasteiger partial charge is 0.314 e. The molecule has 146 valence electrons. The van der Waals surface area contributed by atoms with Crippen molar-refractivity contribution in [1.29, 1.82) is 0 Å². The van der Waals surface area contributed by atoms with Gasteiger partial charge in [0.1, 0.15) is 0 Å². The van der Waals surface area contributed by atoms with Crippen LogP contribution in [-0.4, -0.2) is 31.1 Å². The quantitative estimate of drug-likeness (QED) is 0.600. The van der Waals surface area contributed by atoms with Crippen LogP contribution in [0.3, 0.4) is 0 Å². The van der Waals surface area contributed by atoms with Crippen LogP contribution >= 0.6 is 40.7 Å². The van der Waals surface area contributed by atoms with E-state index in [-0.39, 0.29) is 30.9 Å². The first kappa shape index (κ1) is 25.0. The summed E-state index contributed by atoms with van der Waals surface area (Å²) in [4.78, 5) is 2.31. The van der Waals surface area contributed by atoms with Crippen LogP contribution in [0, 0.1) is 5.92 Å². The molecule has 0 aromatic heterocycles. The maximum absolute atomic E-state index is 13.1. The molecule has 1 aliphatic heterocycles. The van der Waals surface area contributed by atoms with Crippen molar-refractivity contribution < 1.29 is 13.2 Å². The number of nitrogens with zero attached hydrogens (tertiary/aromatic N) is 1. The number of hydrogen-bond donors (Lipinski definition) is 1. The molecule has 2 rings (SSSR count). The summed E-state index contributed by atoms with van der Waals surface area (Å²) in [6.07, 6.45) is -2.43.